The van der Waals surface area contributed by atoms with Gasteiger partial charge >= 0.3 is 0 Å². The molecule has 0 aliphatic heterocycles. The van der Waals surface area contributed by atoms with Gasteiger partial charge in [0.2, 0.25) is 0 Å². The Hall–Kier alpha value is 0.570. The Morgan fingerprint density at radius 2 is 1.92 bits per heavy atom. The summed E-state index contributed by atoms with van der Waals surface area (Å²) in [7, 11) is 1.54. The lowest BCUT2D eigenvalue weighted by Crippen LogP contribution is -2.35. The Morgan fingerprint density at radius 3 is 2.42 bits per heavy atom. The lowest BCUT2D eigenvalue weighted by atomic mass is 10.3. The van der Waals surface area contributed by atoms with Gasteiger partial charge in [-0.2, -0.15) is 0 Å². The largest absolute Gasteiger partial charge is 0.391 e. The summed E-state index contributed by atoms with van der Waals surface area (Å²) in [4.78, 5) is 0. The number of hydrogen-bond acceptors (Lipinski definition) is 4. The summed E-state index contributed by atoms with van der Waals surface area (Å²) in [5.41, 5.74) is 0. The minimum absolute atomic E-state index is 0.327. The first-order chi connectivity index (χ1) is 5.70. The lowest BCUT2D eigenvalue weighted by Gasteiger charge is -2.12. The maximum atomic E-state index is 9.16. The third-order valence-corrected chi connectivity index (χ3v) is 2.31. The molecule has 74 valence electrons. The predicted molar refractivity (Wildman–Crippen MR) is 55.6 cm³/mol. The minimum atomic E-state index is -0.489. The molecule has 0 aliphatic rings. The number of hydrogen-bond donors (Lipinski definition) is 3. The highest BCUT2D eigenvalue weighted by Crippen LogP contribution is 1.89. The first-order valence-corrected chi connectivity index (χ1v) is 5.35. The number of methoxy groups -OCH3 is 1. The van der Waals surface area contributed by atoms with E-state index in [0.29, 0.717) is 24.1 Å². The van der Waals surface area contributed by atoms with E-state index in [-0.39, 0.29) is 6.10 Å². The fourth-order valence-electron chi connectivity index (χ4n) is 0.722. The van der Waals surface area contributed by atoms with E-state index in [0.717, 1.165) is 0 Å². The molecule has 0 aromatic rings. The van der Waals surface area contributed by atoms with E-state index in [1.807, 2.05) is 0 Å². The van der Waals surface area contributed by atoms with Crippen LogP contribution in [0, 0.1) is 0 Å². The SMILES string of the molecule is COCC(O)CNCC(O)CI. The molecule has 3 N–H and O–H groups in total. The Kier molecular flexibility index (Phi) is 8.57. The Bertz CT molecular complexity index is 105. The molecule has 0 rings (SSSR count). The number of halogens is 1. The van der Waals surface area contributed by atoms with Crippen molar-refractivity contribution < 1.29 is 14.9 Å². The topological polar surface area (TPSA) is 61.7 Å². The number of nitrogens with one attached hydrogen (secondary N) is 1. The molecule has 0 amide bonds. The highest BCUT2D eigenvalue weighted by molar-refractivity contribution is 14.1. The van der Waals surface area contributed by atoms with Gasteiger partial charge in [-0.15, -0.1) is 0 Å². The fourth-order valence-corrected chi connectivity index (χ4v) is 1.03. The zero-order valence-corrected chi connectivity index (χ0v) is 9.32. The van der Waals surface area contributed by atoms with Crippen molar-refractivity contribution in [2.24, 2.45) is 0 Å². The van der Waals surface area contributed by atoms with Crippen molar-refractivity contribution in [1.82, 2.24) is 5.32 Å². The van der Waals surface area contributed by atoms with Crippen LogP contribution >= 0.6 is 22.6 Å². The second-order valence-electron chi connectivity index (χ2n) is 2.58. The van der Waals surface area contributed by atoms with Gasteiger partial charge in [0, 0.05) is 24.6 Å². The molecule has 2 unspecified atom stereocenters. The Balaban J connectivity index is 3.18. The third kappa shape index (κ3) is 7.23. The van der Waals surface area contributed by atoms with Crippen molar-refractivity contribution in [3.63, 3.8) is 0 Å². The van der Waals surface area contributed by atoms with Crippen molar-refractivity contribution in [3.05, 3.63) is 0 Å². The minimum Gasteiger partial charge on any atom is -0.391 e. The predicted octanol–water partition coefficient (Wildman–Crippen LogP) is -0.621. The van der Waals surface area contributed by atoms with E-state index >= 15 is 0 Å². The molecule has 0 aliphatic carbocycles. The van der Waals surface area contributed by atoms with E-state index < -0.39 is 6.10 Å². The molecule has 0 fully saturated rings. The van der Waals surface area contributed by atoms with E-state index in [9.17, 15) is 0 Å². The monoisotopic (exact) mass is 289 g/mol. The van der Waals surface area contributed by atoms with E-state index in [4.69, 9.17) is 14.9 Å². The molecule has 0 saturated heterocycles. The van der Waals surface area contributed by atoms with Gasteiger partial charge in [-0.1, -0.05) is 22.6 Å². The van der Waals surface area contributed by atoms with Crippen molar-refractivity contribution in [2.45, 2.75) is 12.2 Å². The van der Waals surface area contributed by atoms with Crippen LogP contribution in [0.25, 0.3) is 0 Å². The normalized spacial score (nSPS) is 16.0. The average molecular weight is 289 g/mol. The number of aliphatic hydroxyl groups excluding tert-OH is 2. The van der Waals surface area contributed by atoms with E-state index in [1.165, 1.54) is 0 Å². The molecule has 0 aromatic carbocycles. The molecule has 0 heterocycles. The molecule has 12 heavy (non-hydrogen) atoms. The maximum Gasteiger partial charge on any atom is 0.0897 e. The van der Waals surface area contributed by atoms with Gasteiger partial charge in [-0.3, -0.25) is 0 Å². The summed E-state index contributed by atoms with van der Waals surface area (Å²) in [5.74, 6) is 0. The van der Waals surface area contributed by atoms with Crippen molar-refractivity contribution >= 4 is 22.6 Å². The second-order valence-corrected chi connectivity index (χ2v) is 3.46. The van der Waals surface area contributed by atoms with Gasteiger partial charge in [0.25, 0.3) is 0 Å². The molecular formula is C7H16INO3. The van der Waals surface area contributed by atoms with Gasteiger partial charge < -0.3 is 20.3 Å². The van der Waals surface area contributed by atoms with Crippen LogP contribution in [0.2, 0.25) is 0 Å². The van der Waals surface area contributed by atoms with Gasteiger partial charge in [0.15, 0.2) is 0 Å². The summed E-state index contributed by atoms with van der Waals surface area (Å²) in [6.45, 7) is 1.30. The van der Waals surface area contributed by atoms with Crippen molar-refractivity contribution in [2.75, 3.05) is 31.2 Å². The van der Waals surface area contributed by atoms with Crippen LogP contribution in [0.4, 0.5) is 0 Å². The molecule has 0 aromatic heterocycles. The summed E-state index contributed by atoms with van der Waals surface area (Å²) in [6, 6.07) is 0. The van der Waals surface area contributed by atoms with Crippen molar-refractivity contribution in [3.8, 4) is 0 Å². The van der Waals surface area contributed by atoms with Crippen LogP contribution < -0.4 is 5.32 Å². The number of rotatable bonds is 7. The van der Waals surface area contributed by atoms with E-state index in [2.05, 4.69) is 27.9 Å². The van der Waals surface area contributed by atoms with Gasteiger partial charge in [0.05, 0.1) is 18.8 Å². The zero-order valence-electron chi connectivity index (χ0n) is 7.16. The number of alkyl halides is 1. The third-order valence-electron chi connectivity index (χ3n) is 1.30. The van der Waals surface area contributed by atoms with Crippen LogP contribution in [-0.2, 0) is 4.74 Å². The first-order valence-electron chi connectivity index (χ1n) is 3.82. The molecule has 0 bridgehead atoms. The quantitative estimate of drug-likeness (QED) is 0.432. The van der Waals surface area contributed by atoms with Gasteiger partial charge in [-0.25, -0.2) is 0 Å². The van der Waals surface area contributed by atoms with Gasteiger partial charge in [-0.05, 0) is 0 Å². The molecule has 4 nitrogen and oxygen atoms in total. The molecule has 0 saturated carbocycles. The Morgan fingerprint density at radius 1 is 1.33 bits per heavy atom. The van der Waals surface area contributed by atoms with Crippen LogP contribution in [0.1, 0.15) is 0 Å². The van der Waals surface area contributed by atoms with Crippen LogP contribution in [0.3, 0.4) is 0 Å². The summed E-state index contributed by atoms with van der Waals surface area (Å²) < 4.78 is 5.43. The van der Waals surface area contributed by atoms with Crippen LogP contribution in [0.15, 0.2) is 0 Å². The highest BCUT2D eigenvalue weighted by Gasteiger charge is 2.04. The molecule has 2 atom stereocenters. The summed E-state index contributed by atoms with van der Waals surface area (Å²) in [6.07, 6.45) is -0.822. The van der Waals surface area contributed by atoms with Gasteiger partial charge in [0.1, 0.15) is 0 Å². The molecule has 0 spiro atoms. The average Bonchev–Trinajstić information content (AvgIpc) is 2.04. The zero-order chi connectivity index (χ0) is 9.40. The van der Waals surface area contributed by atoms with Crippen molar-refractivity contribution in [1.29, 1.82) is 0 Å². The highest BCUT2D eigenvalue weighted by atomic mass is 127. The summed E-state index contributed by atoms with van der Waals surface area (Å²) in [5, 5.41) is 21.2. The molecular weight excluding hydrogens is 273 g/mol. The van der Waals surface area contributed by atoms with Crippen LogP contribution in [0.5, 0.6) is 0 Å². The molecule has 0 radical (unpaired) electrons. The molecule has 5 heteroatoms. The lowest BCUT2D eigenvalue weighted by molar-refractivity contribution is 0.0624. The fraction of sp³-hybridized carbons (Fsp3) is 1.00. The standard InChI is InChI=1S/C7H16INO3/c1-12-5-7(11)4-9-3-6(10)2-8/h6-7,9-11H,2-5H2,1H3. The Labute approximate surface area is 86.4 Å². The maximum absolute atomic E-state index is 9.16. The first kappa shape index (κ1) is 12.6. The van der Waals surface area contributed by atoms with Crippen LogP contribution in [-0.4, -0.2) is 53.7 Å². The van der Waals surface area contributed by atoms with E-state index in [1.54, 1.807) is 7.11 Å². The second kappa shape index (κ2) is 8.18. The smallest absolute Gasteiger partial charge is 0.0897 e. The number of aliphatic hydroxyl groups is 2. The summed E-state index contributed by atoms with van der Waals surface area (Å²) >= 11 is 2.11. The number of ether oxygens (including phenoxy) is 1.